The van der Waals surface area contributed by atoms with Crippen LogP contribution in [0.25, 0.3) is 0 Å². The number of carbonyl (C=O) groups is 3. The molecule has 1 aliphatic rings. The summed E-state index contributed by atoms with van der Waals surface area (Å²) in [6, 6.07) is 16.2. The third-order valence-electron chi connectivity index (χ3n) is 5.46. The van der Waals surface area contributed by atoms with Crippen molar-refractivity contribution in [1.82, 2.24) is 4.90 Å². The maximum absolute atomic E-state index is 13.8. The summed E-state index contributed by atoms with van der Waals surface area (Å²) in [6.45, 7) is -0.342. The molecule has 3 aromatic carbocycles. The van der Waals surface area contributed by atoms with Gasteiger partial charge in [0, 0.05) is 5.56 Å². The lowest BCUT2D eigenvalue weighted by atomic mass is 10.1. The average Bonchev–Trinajstić information content (AvgIpc) is 3.11. The van der Waals surface area contributed by atoms with E-state index in [4.69, 9.17) is 25.8 Å². The van der Waals surface area contributed by atoms with Crippen LogP contribution in [0.15, 0.2) is 60.7 Å². The molecule has 174 valence electrons. The van der Waals surface area contributed by atoms with Gasteiger partial charge in [-0.2, -0.15) is 0 Å². The zero-order valence-corrected chi connectivity index (χ0v) is 19.5. The first kappa shape index (κ1) is 23.1. The Labute approximate surface area is 201 Å². The highest BCUT2D eigenvalue weighted by atomic mass is 35.5. The molecule has 3 aromatic rings. The summed E-state index contributed by atoms with van der Waals surface area (Å²) in [4.78, 5) is 42.0. The van der Waals surface area contributed by atoms with Crippen molar-refractivity contribution in [3.05, 3.63) is 82.4 Å². The number of halogens is 1. The van der Waals surface area contributed by atoms with E-state index in [1.165, 1.54) is 38.4 Å². The number of nitrogens with zero attached hydrogens (tertiary/aromatic N) is 2. The molecule has 9 heteroatoms. The second-order valence-electron chi connectivity index (χ2n) is 7.32. The molecule has 0 aliphatic carbocycles. The van der Waals surface area contributed by atoms with Crippen LogP contribution in [0.2, 0.25) is 5.02 Å². The van der Waals surface area contributed by atoms with Crippen LogP contribution in [-0.4, -0.2) is 50.6 Å². The van der Waals surface area contributed by atoms with Crippen LogP contribution in [0.3, 0.4) is 0 Å². The summed E-state index contributed by atoms with van der Waals surface area (Å²) in [5, 5.41) is 0.278. The summed E-state index contributed by atoms with van der Waals surface area (Å²) in [7, 11) is 4.34. The van der Waals surface area contributed by atoms with Gasteiger partial charge in [-0.3, -0.25) is 24.2 Å². The second-order valence-corrected chi connectivity index (χ2v) is 7.73. The lowest BCUT2D eigenvalue weighted by Gasteiger charge is -2.28. The van der Waals surface area contributed by atoms with Crippen LogP contribution in [0, 0.1) is 0 Å². The third-order valence-corrected chi connectivity index (χ3v) is 5.78. The largest absolute Gasteiger partial charge is 0.493 e. The van der Waals surface area contributed by atoms with Crippen molar-refractivity contribution < 1.29 is 28.6 Å². The molecule has 0 saturated heterocycles. The van der Waals surface area contributed by atoms with E-state index in [9.17, 15) is 14.4 Å². The summed E-state index contributed by atoms with van der Waals surface area (Å²) >= 11 is 6.41. The molecule has 0 spiro atoms. The lowest BCUT2D eigenvalue weighted by Crippen LogP contribution is -2.44. The molecule has 0 saturated carbocycles. The maximum Gasteiger partial charge on any atom is 0.263 e. The Morgan fingerprint density at radius 2 is 1.38 bits per heavy atom. The van der Waals surface area contributed by atoms with Crippen LogP contribution in [0.4, 0.5) is 5.69 Å². The first-order valence-electron chi connectivity index (χ1n) is 10.2. The van der Waals surface area contributed by atoms with Gasteiger partial charge in [0.05, 0.1) is 43.2 Å². The van der Waals surface area contributed by atoms with Gasteiger partial charge in [-0.05, 0) is 36.4 Å². The molecule has 0 fully saturated rings. The Hall–Kier alpha value is -4.04. The molecule has 0 N–H and O–H groups in total. The van der Waals surface area contributed by atoms with Crippen molar-refractivity contribution in [3.63, 3.8) is 0 Å². The Bertz CT molecular complexity index is 1230. The fraction of sp³-hybridized carbons (Fsp3) is 0.160. The fourth-order valence-corrected chi connectivity index (χ4v) is 4.03. The number of hydrogen-bond acceptors (Lipinski definition) is 6. The summed E-state index contributed by atoms with van der Waals surface area (Å²) in [5.41, 5.74) is 1.09. The van der Waals surface area contributed by atoms with Gasteiger partial charge in [0.25, 0.3) is 17.7 Å². The van der Waals surface area contributed by atoms with Crippen molar-refractivity contribution in [2.24, 2.45) is 0 Å². The van der Waals surface area contributed by atoms with Crippen LogP contribution >= 0.6 is 11.6 Å². The topological polar surface area (TPSA) is 85.4 Å². The summed E-state index contributed by atoms with van der Waals surface area (Å²) < 4.78 is 16.1. The molecule has 0 aromatic heterocycles. The number of para-hydroxylation sites is 1. The standard InChI is InChI=1S/C25H21ClN2O6/c1-32-20-12-15(13-21(33-2)22(20)34-3)23(29)27(19-11-7-6-10-18(19)26)14-28-24(30)16-8-4-5-9-17(16)25(28)31/h4-13H,14H2,1-3H3. The summed E-state index contributed by atoms with van der Waals surface area (Å²) in [5.74, 6) is -0.615. The minimum atomic E-state index is -0.524. The number of hydrogen-bond donors (Lipinski definition) is 0. The molecule has 8 nitrogen and oxygen atoms in total. The first-order chi connectivity index (χ1) is 16.4. The smallest absolute Gasteiger partial charge is 0.263 e. The third kappa shape index (κ3) is 3.92. The number of fused-ring (bicyclic) bond motifs is 1. The minimum Gasteiger partial charge on any atom is -0.493 e. The van der Waals surface area contributed by atoms with E-state index in [-0.39, 0.29) is 39.9 Å². The predicted octanol–water partition coefficient (Wildman–Crippen LogP) is 4.27. The van der Waals surface area contributed by atoms with Crippen molar-refractivity contribution in [2.75, 3.05) is 32.9 Å². The Morgan fingerprint density at radius 1 is 0.853 bits per heavy atom. The van der Waals surface area contributed by atoms with Gasteiger partial charge in [0.1, 0.15) is 6.67 Å². The molecule has 0 atom stereocenters. The Morgan fingerprint density at radius 3 is 1.88 bits per heavy atom. The lowest BCUT2D eigenvalue weighted by molar-refractivity contribution is 0.0650. The first-order valence-corrected chi connectivity index (χ1v) is 10.6. The van der Waals surface area contributed by atoms with Gasteiger partial charge < -0.3 is 14.2 Å². The number of benzene rings is 3. The SMILES string of the molecule is COc1cc(C(=O)N(CN2C(=O)c3ccccc3C2=O)c2ccccc2Cl)cc(OC)c1OC. The van der Waals surface area contributed by atoms with Crippen LogP contribution < -0.4 is 19.1 Å². The number of amides is 3. The van der Waals surface area contributed by atoms with E-state index in [1.54, 1.807) is 48.5 Å². The average molecular weight is 481 g/mol. The van der Waals surface area contributed by atoms with Crippen LogP contribution in [0.1, 0.15) is 31.1 Å². The molecule has 0 bridgehead atoms. The van der Waals surface area contributed by atoms with Crippen molar-refractivity contribution >= 4 is 35.0 Å². The highest BCUT2D eigenvalue weighted by molar-refractivity contribution is 6.34. The molecule has 3 amide bonds. The van der Waals surface area contributed by atoms with E-state index in [1.807, 2.05) is 0 Å². The highest BCUT2D eigenvalue weighted by Gasteiger charge is 2.38. The molecule has 4 rings (SSSR count). The number of rotatable bonds is 7. The number of carbonyl (C=O) groups excluding carboxylic acids is 3. The number of anilines is 1. The molecular weight excluding hydrogens is 460 g/mol. The zero-order valence-electron chi connectivity index (χ0n) is 18.7. The van der Waals surface area contributed by atoms with Gasteiger partial charge in [0.15, 0.2) is 11.5 Å². The molecule has 34 heavy (non-hydrogen) atoms. The van der Waals surface area contributed by atoms with E-state index >= 15 is 0 Å². The Kier molecular flexibility index (Phi) is 6.43. The van der Waals surface area contributed by atoms with Gasteiger partial charge in [-0.1, -0.05) is 35.9 Å². The highest BCUT2D eigenvalue weighted by Crippen LogP contribution is 2.39. The van der Waals surface area contributed by atoms with Crippen LogP contribution in [0.5, 0.6) is 17.2 Å². The molecule has 0 unspecified atom stereocenters. The molecule has 1 heterocycles. The van der Waals surface area contributed by atoms with Crippen molar-refractivity contribution in [1.29, 1.82) is 0 Å². The molecule has 0 radical (unpaired) electrons. The van der Waals surface area contributed by atoms with E-state index in [2.05, 4.69) is 0 Å². The van der Waals surface area contributed by atoms with Gasteiger partial charge >= 0.3 is 0 Å². The minimum absolute atomic E-state index is 0.186. The number of ether oxygens (including phenoxy) is 3. The van der Waals surface area contributed by atoms with E-state index in [0.717, 1.165) is 4.90 Å². The van der Waals surface area contributed by atoms with Crippen molar-refractivity contribution in [2.45, 2.75) is 0 Å². The van der Waals surface area contributed by atoms with Crippen molar-refractivity contribution in [3.8, 4) is 17.2 Å². The number of imide groups is 1. The zero-order chi connectivity index (χ0) is 24.4. The van der Waals surface area contributed by atoms with E-state index in [0.29, 0.717) is 11.4 Å². The normalized spacial score (nSPS) is 12.4. The number of methoxy groups -OCH3 is 3. The van der Waals surface area contributed by atoms with Gasteiger partial charge in [-0.25, -0.2) is 0 Å². The molecular formula is C25H21ClN2O6. The summed E-state index contributed by atoms with van der Waals surface area (Å²) in [6.07, 6.45) is 0. The fourth-order valence-electron chi connectivity index (χ4n) is 3.79. The van der Waals surface area contributed by atoms with Gasteiger partial charge in [-0.15, -0.1) is 0 Å². The monoisotopic (exact) mass is 480 g/mol. The molecule has 1 aliphatic heterocycles. The van der Waals surface area contributed by atoms with E-state index < -0.39 is 17.7 Å². The van der Waals surface area contributed by atoms with Gasteiger partial charge in [0.2, 0.25) is 5.75 Å². The predicted molar refractivity (Wildman–Crippen MR) is 126 cm³/mol. The quantitative estimate of drug-likeness (QED) is 0.469. The second kappa shape index (κ2) is 9.44. The van der Waals surface area contributed by atoms with Crippen LogP contribution in [-0.2, 0) is 0 Å². The Balaban J connectivity index is 1.78. The maximum atomic E-state index is 13.8.